The summed E-state index contributed by atoms with van der Waals surface area (Å²) in [5.41, 5.74) is 0.948. The van der Waals surface area contributed by atoms with Crippen LogP contribution in [0.25, 0.3) is 0 Å². The highest BCUT2D eigenvalue weighted by molar-refractivity contribution is 7.15. The molecule has 1 fully saturated rings. The van der Waals surface area contributed by atoms with Gasteiger partial charge in [-0.15, -0.1) is 11.3 Å². The van der Waals surface area contributed by atoms with Gasteiger partial charge < -0.3 is 9.64 Å². The molecular formula is C16H18Cl2N3O2S+. The minimum atomic E-state index is -0.0198. The smallest absolute Gasteiger partial charge is 0.281 e. The number of rotatable bonds is 5. The van der Waals surface area contributed by atoms with Crippen molar-refractivity contribution in [3.63, 3.8) is 0 Å². The van der Waals surface area contributed by atoms with Gasteiger partial charge in [-0.1, -0.05) is 35.3 Å². The van der Waals surface area contributed by atoms with E-state index in [1.165, 1.54) is 16.2 Å². The van der Waals surface area contributed by atoms with E-state index >= 15 is 0 Å². The highest BCUT2D eigenvalue weighted by Gasteiger charge is 2.18. The molecule has 2 N–H and O–H groups in total. The Morgan fingerprint density at radius 3 is 2.92 bits per heavy atom. The number of nitrogens with zero attached hydrogens (tertiary/aromatic N) is 1. The number of quaternary nitrogens is 1. The van der Waals surface area contributed by atoms with Crippen molar-refractivity contribution in [3.8, 4) is 0 Å². The maximum atomic E-state index is 12.1. The number of hydrogen-bond donors (Lipinski definition) is 2. The van der Waals surface area contributed by atoms with Crippen molar-refractivity contribution in [1.29, 1.82) is 0 Å². The molecule has 1 saturated heterocycles. The van der Waals surface area contributed by atoms with Crippen molar-refractivity contribution in [1.82, 2.24) is 4.98 Å². The van der Waals surface area contributed by atoms with Crippen molar-refractivity contribution < 1.29 is 14.4 Å². The Morgan fingerprint density at radius 2 is 2.12 bits per heavy atom. The first-order valence-electron chi connectivity index (χ1n) is 7.70. The predicted octanol–water partition coefficient (Wildman–Crippen LogP) is 1.89. The third-order valence-electron chi connectivity index (χ3n) is 3.81. The Hall–Kier alpha value is -1.18. The quantitative estimate of drug-likeness (QED) is 0.824. The van der Waals surface area contributed by atoms with Crippen molar-refractivity contribution in [2.75, 3.05) is 38.2 Å². The molecule has 8 heteroatoms. The molecule has 1 amide bonds. The molecule has 3 rings (SSSR count). The third-order valence-corrected chi connectivity index (χ3v) is 5.58. The van der Waals surface area contributed by atoms with E-state index in [0.717, 1.165) is 23.5 Å². The monoisotopic (exact) mass is 386 g/mol. The Bertz CT molecular complexity index is 717. The van der Waals surface area contributed by atoms with Crippen LogP contribution in [0, 0.1) is 0 Å². The average molecular weight is 387 g/mol. The van der Waals surface area contributed by atoms with Gasteiger partial charge in [0, 0.05) is 17.5 Å². The molecule has 2 heterocycles. The fraction of sp³-hybridized carbons (Fsp3) is 0.375. The molecule has 0 spiro atoms. The van der Waals surface area contributed by atoms with E-state index in [2.05, 4.69) is 10.3 Å². The molecule has 0 atom stereocenters. The van der Waals surface area contributed by atoms with Crippen molar-refractivity contribution >= 4 is 45.6 Å². The van der Waals surface area contributed by atoms with Gasteiger partial charge in [0.25, 0.3) is 5.91 Å². The van der Waals surface area contributed by atoms with Crippen LogP contribution in [0.4, 0.5) is 5.13 Å². The molecular weight excluding hydrogens is 369 g/mol. The number of amides is 1. The lowest BCUT2D eigenvalue weighted by Gasteiger charge is -2.22. The Morgan fingerprint density at radius 1 is 1.33 bits per heavy atom. The van der Waals surface area contributed by atoms with Gasteiger partial charge in [0.2, 0.25) is 0 Å². The zero-order valence-corrected chi connectivity index (χ0v) is 15.3. The number of morpholine rings is 1. The van der Waals surface area contributed by atoms with E-state index in [-0.39, 0.29) is 5.91 Å². The normalized spacial score (nSPS) is 15.4. The minimum absolute atomic E-state index is 0.0198. The summed E-state index contributed by atoms with van der Waals surface area (Å²) in [7, 11) is 0. The summed E-state index contributed by atoms with van der Waals surface area (Å²) in [6, 6.07) is 5.58. The average Bonchev–Trinajstić information content (AvgIpc) is 2.99. The van der Waals surface area contributed by atoms with Crippen LogP contribution in [0.3, 0.4) is 0 Å². The highest BCUT2D eigenvalue weighted by atomic mass is 35.5. The maximum Gasteiger partial charge on any atom is 0.281 e. The molecule has 0 aliphatic carbocycles. The van der Waals surface area contributed by atoms with E-state index in [1.54, 1.807) is 12.3 Å². The number of hydrogen-bond acceptors (Lipinski definition) is 4. The number of carbonyl (C=O) groups is 1. The van der Waals surface area contributed by atoms with E-state index in [1.807, 2.05) is 12.1 Å². The van der Waals surface area contributed by atoms with Crippen LogP contribution in [-0.2, 0) is 16.0 Å². The minimum Gasteiger partial charge on any atom is -0.370 e. The topological polar surface area (TPSA) is 55.7 Å². The predicted molar refractivity (Wildman–Crippen MR) is 96.4 cm³/mol. The van der Waals surface area contributed by atoms with Crippen molar-refractivity contribution in [3.05, 3.63) is 44.9 Å². The molecule has 0 saturated carbocycles. The molecule has 0 bridgehead atoms. The summed E-state index contributed by atoms with van der Waals surface area (Å²) >= 11 is 13.7. The second kappa shape index (κ2) is 8.27. The van der Waals surface area contributed by atoms with Crippen LogP contribution in [0.5, 0.6) is 0 Å². The Labute approximate surface area is 154 Å². The summed E-state index contributed by atoms with van der Waals surface area (Å²) in [5, 5.41) is 4.59. The molecule has 128 valence electrons. The zero-order chi connectivity index (χ0) is 16.9. The fourth-order valence-corrected chi connectivity index (χ4v) is 3.79. The van der Waals surface area contributed by atoms with Gasteiger partial charge in [-0.05, 0) is 11.6 Å². The van der Waals surface area contributed by atoms with Gasteiger partial charge in [0.15, 0.2) is 11.7 Å². The van der Waals surface area contributed by atoms with Crippen LogP contribution in [0.1, 0.15) is 10.4 Å². The standard InChI is InChI=1S/C16H17Cl2N3O2S/c17-13-3-1-2-11(15(13)18)8-12-9-19-16(24-12)20-14(22)10-21-4-6-23-7-5-21/h1-3,9H,4-8,10H2,(H,19,20,22)/p+1. The number of carbonyl (C=O) groups excluding carboxylic acids is 1. The van der Waals surface area contributed by atoms with Crippen LogP contribution >= 0.6 is 34.5 Å². The summed E-state index contributed by atoms with van der Waals surface area (Å²) in [4.78, 5) is 18.6. The largest absolute Gasteiger partial charge is 0.370 e. The molecule has 1 aromatic heterocycles. The summed E-state index contributed by atoms with van der Waals surface area (Å²) < 4.78 is 5.29. The zero-order valence-electron chi connectivity index (χ0n) is 13.0. The first kappa shape index (κ1) is 17.6. The molecule has 0 radical (unpaired) electrons. The summed E-state index contributed by atoms with van der Waals surface area (Å²) in [6.45, 7) is 3.60. The highest BCUT2D eigenvalue weighted by Crippen LogP contribution is 2.29. The molecule has 5 nitrogen and oxygen atoms in total. The van der Waals surface area contributed by atoms with Gasteiger partial charge in [0.1, 0.15) is 13.1 Å². The number of benzene rings is 1. The molecule has 0 unspecified atom stereocenters. The van der Waals surface area contributed by atoms with E-state index in [9.17, 15) is 4.79 Å². The van der Waals surface area contributed by atoms with E-state index in [0.29, 0.717) is 41.4 Å². The first-order valence-corrected chi connectivity index (χ1v) is 9.28. The maximum absolute atomic E-state index is 12.1. The van der Waals surface area contributed by atoms with Gasteiger partial charge >= 0.3 is 0 Å². The van der Waals surface area contributed by atoms with Gasteiger partial charge in [-0.2, -0.15) is 0 Å². The SMILES string of the molecule is O=C(C[NH+]1CCOCC1)Nc1ncc(Cc2cccc(Cl)c2Cl)s1. The van der Waals surface area contributed by atoms with Crippen molar-refractivity contribution in [2.45, 2.75) is 6.42 Å². The number of nitrogens with one attached hydrogen (secondary N) is 2. The first-order chi connectivity index (χ1) is 11.6. The fourth-order valence-electron chi connectivity index (χ4n) is 2.55. The van der Waals surface area contributed by atoms with Crippen LogP contribution in [-0.4, -0.2) is 43.7 Å². The second-order valence-electron chi connectivity index (χ2n) is 5.61. The van der Waals surface area contributed by atoms with E-state index in [4.69, 9.17) is 27.9 Å². The number of ether oxygens (including phenoxy) is 1. The molecule has 2 aromatic rings. The van der Waals surface area contributed by atoms with Gasteiger partial charge in [-0.25, -0.2) is 4.98 Å². The lowest BCUT2D eigenvalue weighted by Crippen LogP contribution is -3.15. The van der Waals surface area contributed by atoms with Crippen LogP contribution in [0.2, 0.25) is 10.0 Å². The van der Waals surface area contributed by atoms with Gasteiger partial charge in [-0.3, -0.25) is 10.1 Å². The lowest BCUT2D eigenvalue weighted by molar-refractivity contribution is -0.899. The summed E-state index contributed by atoms with van der Waals surface area (Å²) in [5.74, 6) is -0.0198. The number of anilines is 1. The van der Waals surface area contributed by atoms with Crippen molar-refractivity contribution in [2.24, 2.45) is 0 Å². The third kappa shape index (κ3) is 4.68. The van der Waals surface area contributed by atoms with Crippen LogP contribution < -0.4 is 10.2 Å². The van der Waals surface area contributed by atoms with Crippen LogP contribution in [0.15, 0.2) is 24.4 Å². The molecule has 1 aromatic carbocycles. The van der Waals surface area contributed by atoms with Gasteiger partial charge in [0.05, 0.1) is 23.3 Å². The Kier molecular flexibility index (Phi) is 6.08. The second-order valence-corrected chi connectivity index (χ2v) is 7.51. The van der Waals surface area contributed by atoms with E-state index < -0.39 is 0 Å². The molecule has 1 aliphatic rings. The number of thiazole rings is 1. The molecule has 24 heavy (non-hydrogen) atoms. The molecule has 1 aliphatic heterocycles. The number of halogens is 2. The summed E-state index contributed by atoms with van der Waals surface area (Å²) in [6.07, 6.45) is 2.40. The lowest BCUT2D eigenvalue weighted by atomic mass is 10.1. The Balaban J connectivity index is 1.57. The number of aromatic nitrogens is 1.